The lowest BCUT2D eigenvalue weighted by Crippen LogP contribution is -2.42. The molecule has 2 aliphatic carbocycles. The van der Waals surface area contributed by atoms with Crippen LogP contribution in [0.3, 0.4) is 0 Å². The van der Waals surface area contributed by atoms with E-state index in [1.165, 1.54) is 32.1 Å². The maximum atomic E-state index is 12.2. The summed E-state index contributed by atoms with van der Waals surface area (Å²) in [5.74, 6) is 0.392. The van der Waals surface area contributed by atoms with E-state index in [0.29, 0.717) is 5.41 Å². The van der Waals surface area contributed by atoms with E-state index in [-0.39, 0.29) is 23.8 Å². The fourth-order valence-corrected chi connectivity index (χ4v) is 3.76. The third kappa shape index (κ3) is 1.91. The number of likely N-dealkylation sites (tertiary alicyclic amines) is 1. The van der Waals surface area contributed by atoms with Crippen molar-refractivity contribution in [1.82, 2.24) is 10.2 Å². The molecule has 1 aliphatic heterocycles. The monoisotopic (exact) mass is 250 g/mol. The SMILES string of the molecule is CN1CCC(NC(=O)C2CC23CCCCC3)C1=O. The van der Waals surface area contributed by atoms with Crippen LogP contribution in [0.5, 0.6) is 0 Å². The number of likely N-dealkylation sites (N-methyl/N-ethyl adjacent to an activating group) is 1. The number of hydrogen-bond donors (Lipinski definition) is 1. The first-order chi connectivity index (χ1) is 8.62. The largest absolute Gasteiger partial charge is 0.344 e. The Morgan fingerprint density at radius 2 is 2.06 bits per heavy atom. The van der Waals surface area contributed by atoms with Crippen molar-refractivity contribution < 1.29 is 9.59 Å². The molecule has 3 rings (SSSR count). The molecule has 0 bridgehead atoms. The maximum Gasteiger partial charge on any atom is 0.244 e. The number of nitrogens with zero attached hydrogens (tertiary/aromatic N) is 1. The Morgan fingerprint density at radius 1 is 1.33 bits per heavy atom. The molecular weight excluding hydrogens is 228 g/mol. The van der Waals surface area contributed by atoms with E-state index >= 15 is 0 Å². The first-order valence-electron chi connectivity index (χ1n) is 7.18. The zero-order valence-corrected chi connectivity index (χ0v) is 11.1. The van der Waals surface area contributed by atoms with Crippen molar-refractivity contribution in [2.75, 3.05) is 13.6 Å². The highest BCUT2D eigenvalue weighted by atomic mass is 16.2. The van der Waals surface area contributed by atoms with Crippen molar-refractivity contribution in [2.45, 2.75) is 51.0 Å². The summed E-state index contributed by atoms with van der Waals surface area (Å²) in [6.45, 7) is 0.763. The molecule has 3 fully saturated rings. The molecule has 100 valence electrons. The average Bonchev–Trinajstić information content (AvgIpc) is 2.98. The summed E-state index contributed by atoms with van der Waals surface area (Å²) in [5.41, 5.74) is 0.315. The molecule has 1 heterocycles. The Kier molecular flexibility index (Phi) is 2.83. The first-order valence-corrected chi connectivity index (χ1v) is 7.18. The van der Waals surface area contributed by atoms with Gasteiger partial charge in [0, 0.05) is 19.5 Å². The van der Waals surface area contributed by atoms with Gasteiger partial charge >= 0.3 is 0 Å². The summed E-state index contributed by atoms with van der Waals surface area (Å²) < 4.78 is 0. The van der Waals surface area contributed by atoms with Crippen LogP contribution in [0.4, 0.5) is 0 Å². The zero-order chi connectivity index (χ0) is 12.8. The van der Waals surface area contributed by atoms with Crippen molar-refractivity contribution in [2.24, 2.45) is 11.3 Å². The molecule has 2 amide bonds. The van der Waals surface area contributed by atoms with Crippen molar-refractivity contribution in [3.8, 4) is 0 Å². The molecule has 0 aromatic heterocycles. The summed E-state index contributed by atoms with van der Waals surface area (Å²) in [6.07, 6.45) is 8.11. The number of carbonyl (C=O) groups is 2. The molecule has 4 heteroatoms. The van der Waals surface area contributed by atoms with E-state index in [1.807, 2.05) is 0 Å². The second-order valence-corrected chi connectivity index (χ2v) is 6.29. The second kappa shape index (κ2) is 4.25. The fraction of sp³-hybridized carbons (Fsp3) is 0.857. The lowest BCUT2D eigenvalue weighted by Gasteiger charge is -2.22. The van der Waals surface area contributed by atoms with E-state index in [9.17, 15) is 9.59 Å². The number of rotatable bonds is 2. The van der Waals surface area contributed by atoms with Crippen molar-refractivity contribution in [3.63, 3.8) is 0 Å². The molecule has 0 aromatic carbocycles. The van der Waals surface area contributed by atoms with Crippen LogP contribution < -0.4 is 5.32 Å². The molecule has 1 saturated heterocycles. The highest BCUT2D eigenvalue weighted by Gasteiger charge is 2.57. The third-order valence-electron chi connectivity index (χ3n) is 5.10. The quantitative estimate of drug-likeness (QED) is 0.803. The number of amides is 2. The minimum atomic E-state index is -0.260. The molecule has 0 aromatic rings. The normalized spacial score (nSPS) is 33.8. The Hall–Kier alpha value is -1.06. The van der Waals surface area contributed by atoms with Crippen LogP contribution in [0.2, 0.25) is 0 Å². The predicted molar refractivity (Wildman–Crippen MR) is 67.8 cm³/mol. The van der Waals surface area contributed by atoms with Crippen molar-refractivity contribution >= 4 is 11.8 Å². The van der Waals surface area contributed by atoms with Crippen LogP contribution in [-0.2, 0) is 9.59 Å². The average molecular weight is 250 g/mol. The minimum Gasteiger partial charge on any atom is -0.344 e. The molecule has 0 radical (unpaired) electrons. The first kappa shape index (κ1) is 12.0. The van der Waals surface area contributed by atoms with Gasteiger partial charge in [-0.3, -0.25) is 9.59 Å². The summed E-state index contributed by atoms with van der Waals surface area (Å²) >= 11 is 0. The third-order valence-corrected chi connectivity index (χ3v) is 5.10. The van der Waals surface area contributed by atoms with Crippen LogP contribution >= 0.6 is 0 Å². The van der Waals surface area contributed by atoms with Crippen LogP contribution in [0.25, 0.3) is 0 Å². The van der Waals surface area contributed by atoms with Gasteiger partial charge in [0.15, 0.2) is 0 Å². The molecular formula is C14H22N2O2. The van der Waals surface area contributed by atoms with E-state index in [0.717, 1.165) is 19.4 Å². The molecule has 1 N–H and O–H groups in total. The maximum absolute atomic E-state index is 12.2. The van der Waals surface area contributed by atoms with E-state index < -0.39 is 0 Å². The summed E-state index contributed by atoms with van der Waals surface area (Å²) in [5, 5.41) is 2.96. The molecule has 2 unspecified atom stereocenters. The summed E-state index contributed by atoms with van der Waals surface area (Å²) in [6, 6.07) is -0.260. The molecule has 18 heavy (non-hydrogen) atoms. The predicted octanol–water partition coefficient (Wildman–Crippen LogP) is 1.30. The van der Waals surface area contributed by atoms with Gasteiger partial charge in [-0.25, -0.2) is 0 Å². The van der Waals surface area contributed by atoms with Crippen LogP contribution in [-0.4, -0.2) is 36.3 Å². The van der Waals surface area contributed by atoms with Gasteiger partial charge < -0.3 is 10.2 Å². The van der Waals surface area contributed by atoms with Gasteiger partial charge in [-0.2, -0.15) is 0 Å². The van der Waals surface area contributed by atoms with Crippen LogP contribution in [0.1, 0.15) is 44.9 Å². The molecule has 3 aliphatic rings. The molecule has 2 atom stereocenters. The fourth-order valence-electron chi connectivity index (χ4n) is 3.76. The lowest BCUT2D eigenvalue weighted by atomic mass is 9.84. The van der Waals surface area contributed by atoms with E-state index in [4.69, 9.17) is 0 Å². The summed E-state index contributed by atoms with van der Waals surface area (Å²) in [4.78, 5) is 25.7. The van der Waals surface area contributed by atoms with Crippen molar-refractivity contribution in [3.05, 3.63) is 0 Å². The van der Waals surface area contributed by atoms with Gasteiger partial charge in [0.05, 0.1) is 0 Å². The smallest absolute Gasteiger partial charge is 0.244 e. The second-order valence-electron chi connectivity index (χ2n) is 6.29. The van der Waals surface area contributed by atoms with E-state index in [1.54, 1.807) is 11.9 Å². The molecule has 1 spiro atoms. The summed E-state index contributed by atoms with van der Waals surface area (Å²) in [7, 11) is 1.80. The highest BCUT2D eigenvalue weighted by molar-refractivity contribution is 5.91. The number of carbonyl (C=O) groups excluding carboxylic acids is 2. The number of nitrogens with one attached hydrogen (secondary N) is 1. The van der Waals surface area contributed by atoms with Gasteiger partial charge in [-0.1, -0.05) is 19.3 Å². The standard InChI is InChI=1S/C14H22N2O2/c1-16-8-5-11(13(16)18)15-12(17)10-9-14(10)6-3-2-4-7-14/h10-11H,2-9H2,1H3,(H,15,17). The van der Waals surface area contributed by atoms with Crippen molar-refractivity contribution in [1.29, 1.82) is 0 Å². The zero-order valence-electron chi connectivity index (χ0n) is 11.1. The Labute approximate surface area is 108 Å². The minimum absolute atomic E-state index is 0.0710. The Bertz CT molecular complexity index is 374. The van der Waals surface area contributed by atoms with Gasteiger partial charge in [0.1, 0.15) is 6.04 Å². The molecule has 4 nitrogen and oxygen atoms in total. The van der Waals surface area contributed by atoms with Gasteiger partial charge in [0.25, 0.3) is 0 Å². The highest BCUT2D eigenvalue weighted by Crippen LogP contribution is 2.61. The van der Waals surface area contributed by atoms with E-state index in [2.05, 4.69) is 5.32 Å². The lowest BCUT2D eigenvalue weighted by molar-refractivity contribution is -0.132. The Balaban J connectivity index is 1.56. The van der Waals surface area contributed by atoms with Gasteiger partial charge in [-0.05, 0) is 31.1 Å². The Morgan fingerprint density at radius 3 is 2.67 bits per heavy atom. The topological polar surface area (TPSA) is 49.4 Å². The van der Waals surface area contributed by atoms with Gasteiger partial charge in [-0.15, -0.1) is 0 Å². The van der Waals surface area contributed by atoms with Crippen LogP contribution in [0.15, 0.2) is 0 Å². The number of hydrogen-bond acceptors (Lipinski definition) is 2. The van der Waals surface area contributed by atoms with Gasteiger partial charge in [0.2, 0.25) is 11.8 Å². The van der Waals surface area contributed by atoms with Crippen LogP contribution in [0, 0.1) is 11.3 Å². The molecule has 2 saturated carbocycles.